The van der Waals surface area contributed by atoms with Crippen LogP contribution in [0, 0.1) is 11.3 Å². The van der Waals surface area contributed by atoms with E-state index in [0.717, 1.165) is 49.5 Å². The molecule has 0 atom stereocenters. The fraction of sp³-hybridized carbons (Fsp3) is 0.429. The molecule has 4 nitrogen and oxygen atoms in total. The van der Waals surface area contributed by atoms with E-state index in [1.165, 1.54) is 5.56 Å². The number of hydrogen-bond acceptors (Lipinski definition) is 3. The highest BCUT2D eigenvalue weighted by Crippen LogP contribution is 2.32. The van der Waals surface area contributed by atoms with Crippen LogP contribution in [0.3, 0.4) is 0 Å². The molecule has 0 bridgehead atoms. The zero-order valence-electron chi connectivity index (χ0n) is 15.1. The summed E-state index contributed by atoms with van der Waals surface area (Å²) < 4.78 is 1.66. The summed E-state index contributed by atoms with van der Waals surface area (Å²) in [4.78, 5) is 14.8. The Morgan fingerprint density at radius 1 is 1.27 bits per heavy atom. The second kappa shape index (κ2) is 8.42. The van der Waals surface area contributed by atoms with Crippen molar-refractivity contribution in [3.05, 3.63) is 63.0 Å². The second-order valence-electron chi connectivity index (χ2n) is 6.86. The Balaban J connectivity index is 1.76. The van der Waals surface area contributed by atoms with Crippen LogP contribution in [0.5, 0.6) is 0 Å². The zero-order valence-corrected chi connectivity index (χ0v) is 15.9. The number of aryl methyl sites for hydroxylation is 1. The number of halogens is 1. The van der Waals surface area contributed by atoms with Crippen LogP contribution in [-0.2, 0) is 6.54 Å². The van der Waals surface area contributed by atoms with Crippen molar-refractivity contribution in [2.45, 2.75) is 45.1 Å². The van der Waals surface area contributed by atoms with Gasteiger partial charge in [0.05, 0.1) is 5.69 Å². The average molecular weight is 370 g/mol. The van der Waals surface area contributed by atoms with Crippen LogP contribution in [0.1, 0.15) is 49.7 Å². The molecule has 0 spiro atoms. The lowest BCUT2D eigenvalue weighted by Gasteiger charge is -2.34. The molecule has 2 heterocycles. The number of benzene rings is 1. The fourth-order valence-corrected chi connectivity index (χ4v) is 3.85. The van der Waals surface area contributed by atoms with Gasteiger partial charge in [0.1, 0.15) is 11.6 Å². The topological polar surface area (TPSA) is 49.0 Å². The number of rotatable bonds is 5. The van der Waals surface area contributed by atoms with E-state index in [0.29, 0.717) is 12.5 Å². The molecule has 26 heavy (non-hydrogen) atoms. The number of anilines is 1. The number of aromatic nitrogens is 1. The molecule has 0 radical (unpaired) electrons. The van der Waals surface area contributed by atoms with Crippen molar-refractivity contribution < 1.29 is 0 Å². The van der Waals surface area contributed by atoms with Crippen molar-refractivity contribution in [1.29, 1.82) is 5.26 Å². The summed E-state index contributed by atoms with van der Waals surface area (Å²) in [5.74, 6) is 0.473. The minimum atomic E-state index is -0.171. The van der Waals surface area contributed by atoms with Gasteiger partial charge in [-0.25, -0.2) is 0 Å². The lowest BCUT2D eigenvalue weighted by Crippen LogP contribution is -2.35. The number of unbranched alkanes of at least 4 members (excludes halogenated alkanes) is 1. The Bertz CT molecular complexity index is 860. The fourth-order valence-electron chi connectivity index (χ4n) is 3.65. The molecule has 0 amide bonds. The standard InChI is InChI=1S/C21H24ClN3O/c1-2-3-10-25-13-9-20(19(15-23)21(25)26)24-11-7-16(8-12-24)17-5-4-6-18(22)14-17/h4-6,9,13-14,16H,2-3,7-8,10-12H2,1H3. The van der Waals surface area contributed by atoms with Crippen molar-refractivity contribution in [2.75, 3.05) is 18.0 Å². The van der Waals surface area contributed by atoms with Crippen LogP contribution in [0.2, 0.25) is 5.02 Å². The summed E-state index contributed by atoms with van der Waals surface area (Å²) in [5, 5.41) is 10.3. The van der Waals surface area contributed by atoms with E-state index in [2.05, 4.69) is 24.0 Å². The van der Waals surface area contributed by atoms with Crippen molar-refractivity contribution in [3.8, 4) is 6.07 Å². The van der Waals surface area contributed by atoms with Crippen molar-refractivity contribution in [2.24, 2.45) is 0 Å². The molecule has 1 aliphatic rings. The molecule has 1 fully saturated rings. The molecule has 1 aromatic heterocycles. The van der Waals surface area contributed by atoms with E-state index in [1.807, 2.05) is 30.5 Å². The van der Waals surface area contributed by atoms with Gasteiger partial charge in [-0.05, 0) is 48.9 Å². The zero-order chi connectivity index (χ0) is 18.5. The predicted octanol–water partition coefficient (Wildman–Crippen LogP) is 4.56. The van der Waals surface area contributed by atoms with Gasteiger partial charge in [-0.3, -0.25) is 4.79 Å². The molecule has 0 N–H and O–H groups in total. The minimum Gasteiger partial charge on any atom is -0.370 e. The van der Waals surface area contributed by atoms with Crippen molar-refractivity contribution >= 4 is 17.3 Å². The summed E-state index contributed by atoms with van der Waals surface area (Å²) in [5.41, 5.74) is 2.14. The minimum absolute atomic E-state index is 0.171. The summed E-state index contributed by atoms with van der Waals surface area (Å²) in [6.07, 6.45) is 5.77. The monoisotopic (exact) mass is 369 g/mol. The van der Waals surface area contributed by atoms with Crippen LogP contribution in [0.15, 0.2) is 41.3 Å². The van der Waals surface area contributed by atoms with Crippen LogP contribution >= 0.6 is 11.6 Å². The first-order valence-electron chi connectivity index (χ1n) is 9.28. The van der Waals surface area contributed by atoms with Gasteiger partial charge in [-0.1, -0.05) is 37.1 Å². The maximum atomic E-state index is 12.6. The van der Waals surface area contributed by atoms with E-state index in [-0.39, 0.29) is 11.1 Å². The van der Waals surface area contributed by atoms with Crippen molar-refractivity contribution in [3.63, 3.8) is 0 Å². The van der Waals surface area contributed by atoms with Gasteiger partial charge >= 0.3 is 0 Å². The lowest BCUT2D eigenvalue weighted by molar-refractivity contribution is 0.504. The molecular formula is C21H24ClN3O. The molecule has 0 aliphatic carbocycles. The quantitative estimate of drug-likeness (QED) is 0.776. The summed E-state index contributed by atoms with van der Waals surface area (Å²) >= 11 is 6.11. The van der Waals surface area contributed by atoms with Crippen molar-refractivity contribution in [1.82, 2.24) is 4.57 Å². The van der Waals surface area contributed by atoms with Crippen LogP contribution in [-0.4, -0.2) is 17.7 Å². The van der Waals surface area contributed by atoms with Gasteiger partial charge in [0, 0.05) is 30.9 Å². The number of nitrogens with zero attached hydrogens (tertiary/aromatic N) is 3. The third kappa shape index (κ3) is 3.94. The molecule has 1 aromatic carbocycles. The third-order valence-electron chi connectivity index (χ3n) is 5.16. The first-order valence-corrected chi connectivity index (χ1v) is 9.65. The molecule has 1 aliphatic heterocycles. The number of nitriles is 1. The van der Waals surface area contributed by atoms with Gasteiger partial charge in [0.25, 0.3) is 5.56 Å². The van der Waals surface area contributed by atoms with Gasteiger partial charge in [0.15, 0.2) is 0 Å². The van der Waals surface area contributed by atoms with Gasteiger partial charge in [-0.15, -0.1) is 0 Å². The maximum absolute atomic E-state index is 12.6. The Hall–Kier alpha value is -2.25. The van der Waals surface area contributed by atoms with E-state index in [4.69, 9.17) is 11.6 Å². The molecule has 136 valence electrons. The Kier molecular flexibility index (Phi) is 6.00. The lowest BCUT2D eigenvalue weighted by atomic mass is 9.89. The van der Waals surface area contributed by atoms with Gasteiger partial charge in [0.2, 0.25) is 0 Å². The van der Waals surface area contributed by atoms with Crippen LogP contribution in [0.4, 0.5) is 5.69 Å². The molecule has 2 aromatic rings. The highest BCUT2D eigenvalue weighted by molar-refractivity contribution is 6.30. The third-order valence-corrected chi connectivity index (χ3v) is 5.40. The molecule has 5 heteroatoms. The summed E-state index contributed by atoms with van der Waals surface area (Å²) in [6, 6.07) is 12.1. The highest BCUT2D eigenvalue weighted by atomic mass is 35.5. The van der Waals surface area contributed by atoms with Crippen LogP contribution in [0.25, 0.3) is 0 Å². The summed E-state index contributed by atoms with van der Waals surface area (Å²) in [7, 11) is 0. The van der Waals surface area contributed by atoms with Gasteiger partial charge in [-0.2, -0.15) is 5.26 Å². The maximum Gasteiger partial charge on any atom is 0.270 e. The van der Waals surface area contributed by atoms with E-state index < -0.39 is 0 Å². The first kappa shape index (κ1) is 18.5. The average Bonchev–Trinajstić information content (AvgIpc) is 2.67. The molecule has 3 rings (SSSR count). The number of piperidine rings is 1. The molecular weight excluding hydrogens is 346 g/mol. The molecule has 1 saturated heterocycles. The predicted molar refractivity (Wildman–Crippen MR) is 106 cm³/mol. The molecule has 0 unspecified atom stereocenters. The Morgan fingerprint density at radius 2 is 2.04 bits per heavy atom. The first-order chi connectivity index (χ1) is 12.6. The highest BCUT2D eigenvalue weighted by Gasteiger charge is 2.23. The largest absolute Gasteiger partial charge is 0.370 e. The normalized spacial score (nSPS) is 15.0. The van der Waals surface area contributed by atoms with Crippen LogP contribution < -0.4 is 10.5 Å². The smallest absolute Gasteiger partial charge is 0.270 e. The number of pyridine rings is 1. The van der Waals surface area contributed by atoms with E-state index in [9.17, 15) is 10.1 Å². The Morgan fingerprint density at radius 3 is 2.69 bits per heavy atom. The Labute approximate surface area is 159 Å². The summed E-state index contributed by atoms with van der Waals surface area (Å²) in [6.45, 7) is 4.43. The second-order valence-corrected chi connectivity index (χ2v) is 7.29. The molecule has 0 saturated carbocycles. The van der Waals surface area contributed by atoms with E-state index in [1.54, 1.807) is 4.57 Å². The van der Waals surface area contributed by atoms with E-state index >= 15 is 0 Å². The van der Waals surface area contributed by atoms with Gasteiger partial charge < -0.3 is 9.47 Å². The number of hydrogen-bond donors (Lipinski definition) is 0. The SMILES string of the molecule is CCCCn1ccc(N2CCC(c3cccc(Cl)c3)CC2)c(C#N)c1=O.